The van der Waals surface area contributed by atoms with Gasteiger partial charge in [-0.2, -0.15) is 0 Å². The van der Waals surface area contributed by atoms with Gasteiger partial charge in [-0.3, -0.25) is 9.59 Å². The first kappa shape index (κ1) is 41.9. The molecule has 2 unspecified atom stereocenters. The quantitative estimate of drug-likeness (QED) is 0.0535. The van der Waals surface area contributed by atoms with Crippen LogP contribution in [-0.2, 0) is 23.8 Å². The van der Waals surface area contributed by atoms with Crippen molar-refractivity contribution in [1.29, 1.82) is 0 Å². The Hall–Kier alpha value is -1.10. The van der Waals surface area contributed by atoms with Crippen LogP contribution < -0.4 is 0 Å². The van der Waals surface area contributed by atoms with Crippen molar-refractivity contribution >= 4 is 11.9 Å². The third-order valence-electron chi connectivity index (χ3n) is 8.40. The van der Waals surface area contributed by atoms with Gasteiger partial charge in [0.05, 0.1) is 12.7 Å². The smallest absolute Gasteiger partial charge is 0.306 e. The van der Waals surface area contributed by atoms with E-state index in [1.54, 1.807) is 0 Å². The molecular formula is C38H74O5. The van der Waals surface area contributed by atoms with Gasteiger partial charge in [-0.25, -0.2) is 0 Å². The Labute approximate surface area is 268 Å². The summed E-state index contributed by atoms with van der Waals surface area (Å²) in [6.45, 7) is 8.85. The standard InChI is InChI=1S/C38H74O5/c1-5-7-9-11-13-15-17-18-19-20-22-23-25-27-29-31-37(39)42-33-35(3)41-34-36(4)43-38(40)32-30-28-26-24-21-16-14-12-10-8-6-2/h35-36H,5-34H2,1-4H3. The fourth-order valence-electron chi connectivity index (χ4n) is 5.52. The lowest BCUT2D eigenvalue weighted by Gasteiger charge is -2.18. The van der Waals surface area contributed by atoms with Crippen LogP contribution in [-0.4, -0.2) is 37.4 Å². The second-order valence-corrected chi connectivity index (χ2v) is 13.1. The highest BCUT2D eigenvalue weighted by atomic mass is 16.6. The van der Waals surface area contributed by atoms with Crippen molar-refractivity contribution in [3.63, 3.8) is 0 Å². The molecule has 5 heteroatoms. The fraction of sp³-hybridized carbons (Fsp3) is 0.947. The molecule has 0 N–H and O–H groups in total. The summed E-state index contributed by atoms with van der Waals surface area (Å²) in [6.07, 6.45) is 34.2. The first-order valence-corrected chi connectivity index (χ1v) is 19.0. The molecule has 0 fully saturated rings. The average Bonchev–Trinajstić information content (AvgIpc) is 2.99. The number of esters is 2. The SMILES string of the molecule is CCCCCCCCCCCCCCCCCC(=O)OCC(C)OCC(C)OC(=O)CCCCCCCCCCCCC. The number of ether oxygens (including phenoxy) is 3. The van der Waals surface area contributed by atoms with E-state index in [-0.39, 0.29) is 30.8 Å². The molecular weight excluding hydrogens is 536 g/mol. The van der Waals surface area contributed by atoms with Crippen molar-refractivity contribution in [3.8, 4) is 0 Å². The van der Waals surface area contributed by atoms with Crippen LogP contribution in [0.1, 0.15) is 207 Å². The summed E-state index contributed by atoms with van der Waals surface area (Å²) >= 11 is 0. The van der Waals surface area contributed by atoms with Crippen molar-refractivity contribution < 1.29 is 23.8 Å². The summed E-state index contributed by atoms with van der Waals surface area (Å²) in [5.74, 6) is -0.286. The molecule has 5 nitrogen and oxygen atoms in total. The minimum atomic E-state index is -0.293. The molecule has 43 heavy (non-hydrogen) atoms. The highest BCUT2D eigenvalue weighted by Crippen LogP contribution is 2.15. The molecule has 0 aliphatic carbocycles. The van der Waals surface area contributed by atoms with Gasteiger partial charge in [0.15, 0.2) is 0 Å². The predicted octanol–water partition coefficient (Wildman–Crippen LogP) is 11.8. The Bertz CT molecular complexity index is 593. The zero-order valence-electron chi connectivity index (χ0n) is 29.4. The predicted molar refractivity (Wildman–Crippen MR) is 183 cm³/mol. The van der Waals surface area contributed by atoms with Crippen LogP contribution in [0.15, 0.2) is 0 Å². The summed E-state index contributed by atoms with van der Waals surface area (Å²) in [6, 6.07) is 0. The molecule has 2 atom stereocenters. The van der Waals surface area contributed by atoms with Crippen LogP contribution in [0.2, 0.25) is 0 Å². The van der Waals surface area contributed by atoms with E-state index in [1.807, 2.05) is 13.8 Å². The van der Waals surface area contributed by atoms with Gasteiger partial charge in [0.1, 0.15) is 12.7 Å². The molecule has 0 aromatic carbocycles. The summed E-state index contributed by atoms with van der Waals surface area (Å²) in [5, 5.41) is 0. The maximum absolute atomic E-state index is 12.1. The van der Waals surface area contributed by atoms with Crippen molar-refractivity contribution in [3.05, 3.63) is 0 Å². The zero-order chi connectivity index (χ0) is 31.6. The molecule has 0 amide bonds. The van der Waals surface area contributed by atoms with Gasteiger partial charge in [0.2, 0.25) is 0 Å². The topological polar surface area (TPSA) is 61.8 Å². The second-order valence-electron chi connectivity index (χ2n) is 13.1. The van der Waals surface area contributed by atoms with E-state index in [4.69, 9.17) is 14.2 Å². The van der Waals surface area contributed by atoms with Crippen molar-refractivity contribution in [2.45, 2.75) is 220 Å². The maximum atomic E-state index is 12.1. The van der Waals surface area contributed by atoms with Gasteiger partial charge < -0.3 is 14.2 Å². The van der Waals surface area contributed by atoms with Crippen molar-refractivity contribution in [1.82, 2.24) is 0 Å². The lowest BCUT2D eigenvalue weighted by molar-refractivity contribution is -0.154. The highest BCUT2D eigenvalue weighted by molar-refractivity contribution is 5.69. The van der Waals surface area contributed by atoms with Gasteiger partial charge in [-0.15, -0.1) is 0 Å². The van der Waals surface area contributed by atoms with Crippen LogP contribution in [0.4, 0.5) is 0 Å². The molecule has 0 bridgehead atoms. The molecule has 0 aliphatic heterocycles. The van der Waals surface area contributed by atoms with E-state index in [2.05, 4.69) is 13.8 Å². The van der Waals surface area contributed by atoms with Gasteiger partial charge in [-0.1, -0.05) is 168 Å². The number of rotatable bonds is 34. The third-order valence-corrected chi connectivity index (χ3v) is 8.40. The minimum absolute atomic E-state index is 0.142. The minimum Gasteiger partial charge on any atom is -0.463 e. The lowest BCUT2D eigenvalue weighted by atomic mass is 10.0. The number of hydrogen-bond acceptors (Lipinski definition) is 5. The lowest BCUT2D eigenvalue weighted by Crippen LogP contribution is -2.26. The van der Waals surface area contributed by atoms with Crippen molar-refractivity contribution in [2.75, 3.05) is 13.2 Å². The summed E-state index contributed by atoms with van der Waals surface area (Å²) in [7, 11) is 0. The Balaban J connectivity index is 3.49. The number of hydrogen-bond donors (Lipinski definition) is 0. The van der Waals surface area contributed by atoms with Gasteiger partial charge in [-0.05, 0) is 26.7 Å². The Morgan fingerprint density at radius 2 is 0.744 bits per heavy atom. The summed E-state index contributed by atoms with van der Waals surface area (Å²) in [5.41, 5.74) is 0. The second kappa shape index (κ2) is 33.8. The number of carbonyl (C=O) groups excluding carboxylic acids is 2. The Kier molecular flexibility index (Phi) is 32.9. The van der Waals surface area contributed by atoms with Crippen LogP contribution in [0, 0.1) is 0 Å². The van der Waals surface area contributed by atoms with E-state index in [1.165, 1.54) is 141 Å². The van der Waals surface area contributed by atoms with E-state index in [0.717, 1.165) is 25.7 Å². The average molecular weight is 611 g/mol. The summed E-state index contributed by atoms with van der Waals surface area (Å²) in [4.78, 5) is 24.2. The van der Waals surface area contributed by atoms with Crippen LogP contribution in [0.5, 0.6) is 0 Å². The molecule has 0 saturated heterocycles. The van der Waals surface area contributed by atoms with E-state index >= 15 is 0 Å². The zero-order valence-corrected chi connectivity index (χ0v) is 29.4. The Morgan fingerprint density at radius 3 is 1.12 bits per heavy atom. The maximum Gasteiger partial charge on any atom is 0.306 e. The van der Waals surface area contributed by atoms with E-state index in [9.17, 15) is 9.59 Å². The van der Waals surface area contributed by atoms with Crippen molar-refractivity contribution in [2.24, 2.45) is 0 Å². The molecule has 0 aliphatic rings. The molecule has 0 rings (SSSR count). The van der Waals surface area contributed by atoms with Gasteiger partial charge in [0.25, 0.3) is 0 Å². The number of unbranched alkanes of at least 4 members (excludes halogenated alkanes) is 24. The molecule has 0 aromatic rings. The van der Waals surface area contributed by atoms with Crippen LogP contribution in [0.25, 0.3) is 0 Å². The van der Waals surface area contributed by atoms with E-state index in [0.29, 0.717) is 19.4 Å². The number of carbonyl (C=O) groups is 2. The van der Waals surface area contributed by atoms with Gasteiger partial charge >= 0.3 is 11.9 Å². The largest absolute Gasteiger partial charge is 0.463 e. The molecule has 0 heterocycles. The molecule has 0 radical (unpaired) electrons. The molecule has 0 saturated carbocycles. The van der Waals surface area contributed by atoms with Crippen LogP contribution in [0.3, 0.4) is 0 Å². The van der Waals surface area contributed by atoms with E-state index < -0.39 is 0 Å². The first-order valence-electron chi connectivity index (χ1n) is 19.0. The third kappa shape index (κ3) is 33.6. The van der Waals surface area contributed by atoms with Gasteiger partial charge in [0, 0.05) is 12.8 Å². The normalized spacial score (nSPS) is 12.7. The fourth-order valence-corrected chi connectivity index (χ4v) is 5.52. The summed E-state index contributed by atoms with van der Waals surface area (Å²) < 4.78 is 16.6. The molecule has 0 aromatic heterocycles. The monoisotopic (exact) mass is 611 g/mol. The molecule has 0 spiro atoms. The first-order chi connectivity index (χ1) is 21.0. The molecule has 256 valence electrons. The Morgan fingerprint density at radius 1 is 0.419 bits per heavy atom. The van der Waals surface area contributed by atoms with Crippen LogP contribution >= 0.6 is 0 Å². The highest BCUT2D eigenvalue weighted by Gasteiger charge is 2.13.